The highest BCUT2D eigenvalue weighted by atomic mass is 32.2. The molecule has 0 spiro atoms. The van der Waals surface area contributed by atoms with Crippen LogP contribution in [0.2, 0.25) is 0 Å². The molecular formula is C17H24N6O3S. The zero-order chi connectivity index (χ0) is 20.2. The first-order chi connectivity index (χ1) is 12.5. The van der Waals surface area contributed by atoms with E-state index in [1.165, 1.54) is 7.05 Å². The number of nitrogens with zero attached hydrogens (tertiary/aromatic N) is 4. The molecule has 2 N–H and O–H groups in total. The highest BCUT2D eigenvalue weighted by Crippen LogP contribution is 2.19. The lowest BCUT2D eigenvalue weighted by Crippen LogP contribution is -2.34. The fraction of sp³-hybridized carbons (Fsp3) is 0.353. The highest BCUT2D eigenvalue weighted by molar-refractivity contribution is 7.88. The number of nitrogens with one attached hydrogen (secondary N) is 2. The number of anilines is 4. The van der Waals surface area contributed by atoms with Gasteiger partial charge in [-0.05, 0) is 31.2 Å². The molecule has 1 aromatic heterocycles. The van der Waals surface area contributed by atoms with Crippen LogP contribution in [-0.2, 0) is 14.8 Å². The third-order valence-corrected chi connectivity index (χ3v) is 4.92. The lowest BCUT2D eigenvalue weighted by Gasteiger charge is -2.15. The number of carbonyl (C=O) groups excluding carboxylic acids is 1. The van der Waals surface area contributed by atoms with E-state index in [2.05, 4.69) is 20.6 Å². The maximum atomic E-state index is 11.9. The van der Waals surface area contributed by atoms with Gasteiger partial charge in [-0.1, -0.05) is 0 Å². The number of rotatable bonds is 7. The van der Waals surface area contributed by atoms with E-state index in [0.29, 0.717) is 11.6 Å². The normalized spacial score (nSPS) is 11.3. The zero-order valence-corrected chi connectivity index (χ0v) is 16.8. The van der Waals surface area contributed by atoms with Crippen molar-refractivity contribution in [3.05, 3.63) is 36.0 Å². The van der Waals surface area contributed by atoms with Gasteiger partial charge in [-0.2, -0.15) is 9.29 Å². The Labute approximate surface area is 159 Å². The smallest absolute Gasteiger partial charge is 0.239 e. The first-order valence-electron chi connectivity index (χ1n) is 8.16. The van der Waals surface area contributed by atoms with E-state index in [9.17, 15) is 13.2 Å². The fourth-order valence-corrected chi connectivity index (χ4v) is 2.47. The van der Waals surface area contributed by atoms with E-state index >= 15 is 0 Å². The Hall–Kier alpha value is -2.72. The summed E-state index contributed by atoms with van der Waals surface area (Å²) in [7, 11) is 1.77. The van der Waals surface area contributed by atoms with Crippen molar-refractivity contribution in [1.82, 2.24) is 14.3 Å². The second kappa shape index (κ2) is 8.31. The quantitative estimate of drug-likeness (QED) is 0.734. The van der Waals surface area contributed by atoms with Crippen LogP contribution in [0.15, 0.2) is 30.3 Å². The molecule has 1 amide bonds. The van der Waals surface area contributed by atoms with E-state index in [1.54, 1.807) is 24.3 Å². The number of hydrogen-bond donors (Lipinski definition) is 2. The second-order valence-corrected chi connectivity index (χ2v) is 8.44. The van der Waals surface area contributed by atoms with Gasteiger partial charge in [0.2, 0.25) is 21.9 Å². The van der Waals surface area contributed by atoms with Crippen molar-refractivity contribution in [1.29, 1.82) is 0 Å². The maximum absolute atomic E-state index is 11.9. The number of aryl methyl sites for hydroxylation is 1. The molecule has 2 rings (SSSR count). The number of benzene rings is 1. The Bertz CT molecular complexity index is 913. The van der Waals surface area contributed by atoms with Gasteiger partial charge in [-0.3, -0.25) is 4.79 Å². The summed E-state index contributed by atoms with van der Waals surface area (Å²) in [6, 6.07) is 8.86. The molecule has 1 heterocycles. The average molecular weight is 392 g/mol. The monoisotopic (exact) mass is 392 g/mol. The standard InChI is InChI=1S/C17H24N6O3S/c1-12-10-15(22(2)3)21-17(18-12)20-14-8-6-13(7-9-14)19-16(24)11-23(4)27(5,25)26/h6-10H,11H2,1-5H3,(H,19,24)(H,18,20,21). The maximum Gasteiger partial charge on any atom is 0.239 e. The van der Waals surface area contributed by atoms with Crippen LogP contribution < -0.4 is 15.5 Å². The van der Waals surface area contributed by atoms with Gasteiger partial charge in [0.25, 0.3) is 0 Å². The number of amides is 1. The van der Waals surface area contributed by atoms with E-state index in [0.717, 1.165) is 27.8 Å². The molecule has 0 aliphatic heterocycles. The van der Waals surface area contributed by atoms with Crippen LogP contribution in [0.25, 0.3) is 0 Å². The van der Waals surface area contributed by atoms with Crippen LogP contribution in [0.5, 0.6) is 0 Å². The van der Waals surface area contributed by atoms with Gasteiger partial charge < -0.3 is 15.5 Å². The molecular weight excluding hydrogens is 368 g/mol. The Morgan fingerprint density at radius 2 is 1.67 bits per heavy atom. The lowest BCUT2D eigenvalue weighted by molar-refractivity contribution is -0.116. The van der Waals surface area contributed by atoms with Crippen LogP contribution in [0.4, 0.5) is 23.1 Å². The van der Waals surface area contributed by atoms with Crippen molar-refractivity contribution < 1.29 is 13.2 Å². The molecule has 2 aromatic rings. The number of likely N-dealkylation sites (N-methyl/N-ethyl adjacent to an activating group) is 1. The lowest BCUT2D eigenvalue weighted by atomic mass is 10.2. The van der Waals surface area contributed by atoms with Crippen molar-refractivity contribution in [3.8, 4) is 0 Å². The van der Waals surface area contributed by atoms with E-state index < -0.39 is 15.9 Å². The van der Waals surface area contributed by atoms with Crippen molar-refractivity contribution in [2.45, 2.75) is 6.92 Å². The Morgan fingerprint density at radius 3 is 2.22 bits per heavy atom. The summed E-state index contributed by atoms with van der Waals surface area (Å²) in [5, 5.41) is 5.78. The molecule has 0 fully saturated rings. The molecule has 0 radical (unpaired) electrons. The Morgan fingerprint density at radius 1 is 1.07 bits per heavy atom. The van der Waals surface area contributed by atoms with Crippen LogP contribution in [0.1, 0.15) is 5.69 Å². The summed E-state index contributed by atoms with van der Waals surface area (Å²) in [5.41, 5.74) is 2.17. The number of carbonyl (C=O) groups is 1. The van der Waals surface area contributed by atoms with Crippen molar-refractivity contribution in [2.75, 3.05) is 49.5 Å². The largest absolute Gasteiger partial charge is 0.363 e. The summed E-state index contributed by atoms with van der Waals surface area (Å²) in [5.74, 6) is 0.857. The van der Waals surface area contributed by atoms with Gasteiger partial charge in [0.1, 0.15) is 5.82 Å². The van der Waals surface area contributed by atoms with Gasteiger partial charge in [0.05, 0.1) is 12.8 Å². The minimum Gasteiger partial charge on any atom is -0.363 e. The molecule has 0 bridgehead atoms. The SMILES string of the molecule is Cc1cc(N(C)C)nc(Nc2ccc(NC(=O)CN(C)S(C)(=O)=O)cc2)n1. The third-order valence-electron chi connectivity index (χ3n) is 3.66. The molecule has 0 atom stereocenters. The van der Waals surface area contributed by atoms with Gasteiger partial charge in [0, 0.05) is 44.3 Å². The van der Waals surface area contributed by atoms with Crippen LogP contribution in [0, 0.1) is 6.92 Å². The minimum absolute atomic E-state index is 0.247. The number of hydrogen-bond acceptors (Lipinski definition) is 7. The van der Waals surface area contributed by atoms with Crippen molar-refractivity contribution in [3.63, 3.8) is 0 Å². The molecule has 9 nitrogen and oxygen atoms in total. The van der Waals surface area contributed by atoms with Gasteiger partial charge in [0.15, 0.2) is 0 Å². The predicted molar refractivity (Wildman–Crippen MR) is 107 cm³/mol. The van der Waals surface area contributed by atoms with Crippen LogP contribution in [-0.4, -0.2) is 62.5 Å². The van der Waals surface area contributed by atoms with Crippen LogP contribution >= 0.6 is 0 Å². The van der Waals surface area contributed by atoms with Gasteiger partial charge in [-0.25, -0.2) is 13.4 Å². The first-order valence-corrected chi connectivity index (χ1v) is 10.0. The summed E-state index contributed by atoms with van der Waals surface area (Å²) >= 11 is 0. The molecule has 0 unspecified atom stereocenters. The van der Waals surface area contributed by atoms with Crippen molar-refractivity contribution >= 4 is 39.1 Å². The molecule has 1 aromatic carbocycles. The molecule has 27 heavy (non-hydrogen) atoms. The zero-order valence-electron chi connectivity index (χ0n) is 16.0. The Balaban J connectivity index is 2.02. The summed E-state index contributed by atoms with van der Waals surface area (Å²) in [6.45, 7) is 1.65. The van der Waals surface area contributed by atoms with Gasteiger partial charge in [-0.15, -0.1) is 0 Å². The molecule has 146 valence electrons. The summed E-state index contributed by atoms with van der Waals surface area (Å²) in [4.78, 5) is 22.6. The Kier molecular flexibility index (Phi) is 6.34. The minimum atomic E-state index is -3.40. The highest BCUT2D eigenvalue weighted by Gasteiger charge is 2.15. The summed E-state index contributed by atoms with van der Waals surface area (Å²) in [6.07, 6.45) is 1.05. The van der Waals surface area contributed by atoms with Gasteiger partial charge >= 0.3 is 0 Å². The van der Waals surface area contributed by atoms with E-state index in [1.807, 2.05) is 32.0 Å². The molecule has 0 aliphatic rings. The molecule has 0 saturated heterocycles. The first kappa shape index (κ1) is 20.6. The topological polar surface area (TPSA) is 108 Å². The van der Waals surface area contributed by atoms with E-state index in [4.69, 9.17) is 0 Å². The molecule has 0 saturated carbocycles. The fourth-order valence-electron chi connectivity index (χ4n) is 2.12. The second-order valence-electron chi connectivity index (χ2n) is 6.36. The van der Waals surface area contributed by atoms with Crippen molar-refractivity contribution in [2.24, 2.45) is 0 Å². The molecule has 10 heteroatoms. The number of sulfonamides is 1. The third kappa shape index (κ3) is 6.19. The van der Waals surface area contributed by atoms with Crippen LogP contribution in [0.3, 0.4) is 0 Å². The molecule has 0 aliphatic carbocycles. The average Bonchev–Trinajstić information content (AvgIpc) is 2.55. The predicted octanol–water partition coefficient (Wildman–Crippen LogP) is 1.42. The number of aromatic nitrogens is 2. The summed E-state index contributed by atoms with van der Waals surface area (Å²) < 4.78 is 23.7. The van der Waals surface area contributed by atoms with E-state index in [-0.39, 0.29) is 6.54 Å².